The van der Waals surface area contributed by atoms with Gasteiger partial charge >= 0.3 is 6.18 Å². The molecule has 1 rings (SSSR count). The van der Waals surface area contributed by atoms with Crippen LogP contribution in [0, 0.1) is 0 Å². The Morgan fingerprint density at radius 3 is 2.65 bits per heavy atom. The maximum atomic E-state index is 11.8. The van der Waals surface area contributed by atoms with E-state index < -0.39 is 12.8 Å². The predicted octanol–water partition coefficient (Wildman–Crippen LogP) is 1.78. The van der Waals surface area contributed by atoms with Crippen LogP contribution in [0.15, 0.2) is 18.3 Å². The van der Waals surface area contributed by atoms with Crippen molar-refractivity contribution in [3.8, 4) is 5.88 Å². The van der Waals surface area contributed by atoms with Crippen LogP contribution in [-0.4, -0.2) is 30.9 Å². The molecule has 0 saturated carbocycles. The maximum absolute atomic E-state index is 11.8. The summed E-state index contributed by atoms with van der Waals surface area (Å²) in [5.41, 5.74) is 6.04. The molecule has 0 bridgehead atoms. The highest BCUT2D eigenvalue weighted by molar-refractivity contribution is 5.41. The zero-order valence-electron chi connectivity index (χ0n) is 9.13. The lowest BCUT2D eigenvalue weighted by Gasteiger charge is -2.09. The minimum absolute atomic E-state index is 0.0494. The van der Waals surface area contributed by atoms with Gasteiger partial charge in [-0.1, -0.05) is 0 Å². The van der Waals surface area contributed by atoms with Gasteiger partial charge < -0.3 is 15.8 Å². The summed E-state index contributed by atoms with van der Waals surface area (Å²) in [4.78, 5) is 3.74. The predicted molar refractivity (Wildman–Crippen MR) is 57.9 cm³/mol. The van der Waals surface area contributed by atoms with Crippen LogP contribution in [0.25, 0.3) is 0 Å². The molecular formula is C10H14F3N3O. The molecule has 1 aromatic rings. The molecule has 96 valence electrons. The highest BCUT2D eigenvalue weighted by atomic mass is 19.4. The van der Waals surface area contributed by atoms with Crippen molar-refractivity contribution in [2.45, 2.75) is 12.6 Å². The van der Waals surface area contributed by atoms with Crippen LogP contribution in [0.1, 0.15) is 6.42 Å². The van der Waals surface area contributed by atoms with Crippen molar-refractivity contribution in [3.05, 3.63) is 18.3 Å². The van der Waals surface area contributed by atoms with Gasteiger partial charge in [0.1, 0.15) is 0 Å². The molecular weight excluding hydrogens is 235 g/mol. The zero-order chi connectivity index (χ0) is 12.7. The van der Waals surface area contributed by atoms with Gasteiger partial charge in [-0.05, 0) is 19.0 Å². The second-order valence-corrected chi connectivity index (χ2v) is 3.36. The number of nitrogens with one attached hydrogen (secondary N) is 1. The van der Waals surface area contributed by atoms with E-state index in [0.717, 1.165) is 12.1 Å². The van der Waals surface area contributed by atoms with Crippen molar-refractivity contribution >= 4 is 5.69 Å². The number of pyridine rings is 1. The fraction of sp³-hybridized carbons (Fsp3) is 0.500. The molecule has 0 aliphatic rings. The lowest BCUT2D eigenvalue weighted by atomic mass is 10.3. The van der Waals surface area contributed by atoms with E-state index in [4.69, 9.17) is 5.73 Å². The van der Waals surface area contributed by atoms with Crippen molar-refractivity contribution in [2.24, 2.45) is 5.73 Å². The monoisotopic (exact) mass is 249 g/mol. The van der Waals surface area contributed by atoms with Gasteiger partial charge in [-0.25, -0.2) is 4.98 Å². The summed E-state index contributed by atoms with van der Waals surface area (Å²) in [6.07, 6.45) is -2.12. The topological polar surface area (TPSA) is 60.2 Å². The number of halogens is 3. The third-order valence-corrected chi connectivity index (χ3v) is 1.83. The van der Waals surface area contributed by atoms with Crippen LogP contribution in [0.2, 0.25) is 0 Å². The molecule has 0 aliphatic heterocycles. The smallest absolute Gasteiger partial charge is 0.422 e. The third-order valence-electron chi connectivity index (χ3n) is 1.83. The van der Waals surface area contributed by atoms with E-state index in [1.54, 1.807) is 6.07 Å². The Kier molecular flexibility index (Phi) is 5.02. The van der Waals surface area contributed by atoms with Gasteiger partial charge in [-0.3, -0.25) is 0 Å². The number of nitrogens with two attached hydrogens (primary N) is 1. The number of anilines is 1. The lowest BCUT2D eigenvalue weighted by molar-refractivity contribution is -0.154. The summed E-state index contributed by atoms with van der Waals surface area (Å²) in [5.74, 6) is -0.0494. The Bertz CT molecular complexity index is 327. The van der Waals surface area contributed by atoms with Crippen LogP contribution in [0.3, 0.4) is 0 Å². The van der Waals surface area contributed by atoms with Gasteiger partial charge in [0.05, 0.1) is 11.9 Å². The van der Waals surface area contributed by atoms with Crippen molar-refractivity contribution < 1.29 is 17.9 Å². The number of hydrogen-bond acceptors (Lipinski definition) is 4. The molecule has 17 heavy (non-hydrogen) atoms. The molecule has 0 atom stereocenters. The number of rotatable bonds is 6. The standard InChI is InChI=1S/C10H14F3N3O/c11-10(12,13)7-17-9-3-2-8(6-16-9)15-5-1-4-14/h2-3,6,15H,1,4-5,7,14H2. The van der Waals surface area contributed by atoms with E-state index in [0.29, 0.717) is 13.1 Å². The van der Waals surface area contributed by atoms with Crippen LogP contribution >= 0.6 is 0 Å². The van der Waals surface area contributed by atoms with Gasteiger partial charge in [-0.15, -0.1) is 0 Å². The number of aromatic nitrogens is 1. The third kappa shape index (κ3) is 5.96. The van der Waals surface area contributed by atoms with Crippen LogP contribution in [-0.2, 0) is 0 Å². The first-order valence-corrected chi connectivity index (χ1v) is 5.11. The van der Waals surface area contributed by atoms with Crippen LogP contribution < -0.4 is 15.8 Å². The van der Waals surface area contributed by atoms with E-state index in [2.05, 4.69) is 15.0 Å². The minimum Gasteiger partial charge on any atom is -0.468 e. The average molecular weight is 249 g/mol. The Labute approximate surface area is 97.0 Å². The fourth-order valence-corrected chi connectivity index (χ4v) is 1.06. The van der Waals surface area contributed by atoms with E-state index in [1.807, 2.05) is 0 Å². The Hall–Kier alpha value is -1.50. The molecule has 4 nitrogen and oxygen atoms in total. The lowest BCUT2D eigenvalue weighted by Crippen LogP contribution is -2.19. The number of ether oxygens (including phenoxy) is 1. The first-order chi connectivity index (χ1) is 8.01. The zero-order valence-corrected chi connectivity index (χ0v) is 9.13. The first-order valence-electron chi connectivity index (χ1n) is 5.11. The molecule has 0 unspecified atom stereocenters. The van der Waals surface area contributed by atoms with E-state index in [-0.39, 0.29) is 5.88 Å². The van der Waals surface area contributed by atoms with Gasteiger partial charge in [-0.2, -0.15) is 13.2 Å². The SMILES string of the molecule is NCCCNc1ccc(OCC(F)(F)F)nc1. The molecule has 0 aliphatic carbocycles. The normalized spacial score (nSPS) is 11.3. The number of nitrogens with zero attached hydrogens (tertiary/aromatic N) is 1. The van der Waals surface area contributed by atoms with Crippen LogP contribution in [0.5, 0.6) is 5.88 Å². The van der Waals surface area contributed by atoms with Crippen molar-refractivity contribution in [3.63, 3.8) is 0 Å². The maximum Gasteiger partial charge on any atom is 0.422 e. The highest BCUT2D eigenvalue weighted by Crippen LogP contribution is 2.17. The molecule has 1 aromatic heterocycles. The summed E-state index contributed by atoms with van der Waals surface area (Å²) in [5, 5.41) is 3.02. The van der Waals surface area contributed by atoms with Gasteiger partial charge in [0.15, 0.2) is 6.61 Å². The Morgan fingerprint density at radius 1 is 1.35 bits per heavy atom. The van der Waals surface area contributed by atoms with Crippen LogP contribution in [0.4, 0.5) is 18.9 Å². The minimum atomic E-state index is -4.35. The summed E-state index contributed by atoms with van der Waals surface area (Å²) >= 11 is 0. The molecule has 0 spiro atoms. The molecule has 7 heteroatoms. The second-order valence-electron chi connectivity index (χ2n) is 3.36. The largest absolute Gasteiger partial charge is 0.468 e. The molecule has 1 heterocycles. The van der Waals surface area contributed by atoms with Gasteiger partial charge in [0, 0.05) is 12.6 Å². The summed E-state index contributed by atoms with van der Waals surface area (Å²) in [6.45, 7) is -0.0614. The highest BCUT2D eigenvalue weighted by Gasteiger charge is 2.28. The molecule has 0 aromatic carbocycles. The van der Waals surface area contributed by atoms with Crippen molar-refractivity contribution in [1.82, 2.24) is 4.98 Å². The number of hydrogen-bond donors (Lipinski definition) is 2. The summed E-state index contributed by atoms with van der Waals surface area (Å²) in [7, 11) is 0. The number of alkyl halides is 3. The van der Waals surface area contributed by atoms with Crippen molar-refractivity contribution in [1.29, 1.82) is 0 Å². The molecule has 0 amide bonds. The van der Waals surface area contributed by atoms with Gasteiger partial charge in [0.25, 0.3) is 0 Å². The molecule has 0 saturated heterocycles. The average Bonchev–Trinajstić information content (AvgIpc) is 2.27. The Morgan fingerprint density at radius 2 is 2.12 bits per heavy atom. The molecule has 0 radical (unpaired) electrons. The fourth-order valence-electron chi connectivity index (χ4n) is 1.06. The summed E-state index contributed by atoms with van der Waals surface area (Å²) in [6, 6.07) is 2.99. The second kappa shape index (κ2) is 6.29. The van der Waals surface area contributed by atoms with E-state index >= 15 is 0 Å². The Balaban J connectivity index is 2.39. The summed E-state index contributed by atoms with van der Waals surface area (Å²) < 4.78 is 40.0. The van der Waals surface area contributed by atoms with E-state index in [1.165, 1.54) is 12.3 Å². The molecule has 0 fully saturated rings. The van der Waals surface area contributed by atoms with Gasteiger partial charge in [0.2, 0.25) is 5.88 Å². The van der Waals surface area contributed by atoms with Crippen molar-refractivity contribution in [2.75, 3.05) is 25.0 Å². The first kappa shape index (κ1) is 13.6. The quantitative estimate of drug-likeness (QED) is 0.754. The molecule has 3 N–H and O–H groups in total. The van der Waals surface area contributed by atoms with E-state index in [9.17, 15) is 13.2 Å².